The van der Waals surface area contributed by atoms with Crippen molar-refractivity contribution in [1.82, 2.24) is 14.7 Å². The van der Waals surface area contributed by atoms with Crippen LogP contribution in [0.5, 0.6) is 0 Å². The van der Waals surface area contributed by atoms with Crippen molar-refractivity contribution < 1.29 is 23.1 Å². The summed E-state index contributed by atoms with van der Waals surface area (Å²) in [6.45, 7) is 8.29. The lowest BCUT2D eigenvalue weighted by Crippen LogP contribution is -2.48. The standard InChI is InChI=1S/C29H29FN4O4/c1-4-37-29(36)26-18-27(34(31-26)24-11-7-22(30)8-12-24)21-5-9-23(10-6-21)32-13-15-33(16-14-32)28(35)25-17-19(2)38-20(25)3/h5-12,17-18H,4,13-16H2,1-3H3. The maximum Gasteiger partial charge on any atom is 0.358 e. The summed E-state index contributed by atoms with van der Waals surface area (Å²) in [4.78, 5) is 29.4. The minimum absolute atomic E-state index is 0.000747. The predicted octanol–water partition coefficient (Wildman–Crippen LogP) is 5.03. The molecule has 8 nitrogen and oxygen atoms in total. The molecule has 0 aliphatic carbocycles. The molecule has 1 fully saturated rings. The van der Waals surface area contributed by atoms with E-state index in [-0.39, 0.29) is 24.0 Å². The molecule has 1 saturated heterocycles. The average Bonchev–Trinajstić information content (AvgIpc) is 3.52. The second kappa shape index (κ2) is 10.5. The summed E-state index contributed by atoms with van der Waals surface area (Å²) in [5.41, 5.74) is 4.01. The fraction of sp³-hybridized carbons (Fsp3) is 0.276. The molecule has 3 heterocycles. The molecule has 9 heteroatoms. The van der Waals surface area contributed by atoms with Gasteiger partial charge in [-0.05, 0) is 69.3 Å². The number of hydrogen-bond donors (Lipinski definition) is 0. The lowest BCUT2D eigenvalue weighted by Gasteiger charge is -2.36. The molecule has 5 rings (SSSR count). The van der Waals surface area contributed by atoms with Gasteiger partial charge in [0, 0.05) is 37.4 Å². The van der Waals surface area contributed by atoms with E-state index < -0.39 is 5.97 Å². The molecule has 1 amide bonds. The van der Waals surface area contributed by atoms with E-state index in [4.69, 9.17) is 9.15 Å². The van der Waals surface area contributed by atoms with Crippen LogP contribution in [0, 0.1) is 19.7 Å². The number of aromatic nitrogens is 2. The van der Waals surface area contributed by atoms with E-state index in [1.54, 1.807) is 35.9 Å². The van der Waals surface area contributed by atoms with E-state index in [1.807, 2.05) is 43.0 Å². The normalized spacial score (nSPS) is 13.6. The Hall–Kier alpha value is -4.40. The fourth-order valence-electron chi connectivity index (χ4n) is 4.69. The number of rotatable bonds is 6. The van der Waals surface area contributed by atoms with Crippen LogP contribution in [0.15, 0.2) is 65.1 Å². The summed E-state index contributed by atoms with van der Waals surface area (Å²) >= 11 is 0. The lowest BCUT2D eigenvalue weighted by atomic mass is 10.1. The third kappa shape index (κ3) is 5.04. The first-order chi connectivity index (χ1) is 18.3. The zero-order valence-corrected chi connectivity index (χ0v) is 21.6. The molecule has 1 aliphatic heterocycles. The van der Waals surface area contributed by atoms with Gasteiger partial charge < -0.3 is 19.0 Å². The molecule has 1 aliphatic rings. The van der Waals surface area contributed by atoms with Crippen molar-refractivity contribution >= 4 is 17.6 Å². The largest absolute Gasteiger partial charge is 0.466 e. The van der Waals surface area contributed by atoms with Crippen molar-refractivity contribution in [1.29, 1.82) is 0 Å². The maximum atomic E-state index is 13.5. The number of esters is 1. The molecule has 196 valence electrons. The highest BCUT2D eigenvalue weighted by atomic mass is 19.1. The number of anilines is 1. The summed E-state index contributed by atoms with van der Waals surface area (Å²) in [5, 5.41) is 4.44. The zero-order chi connectivity index (χ0) is 26.8. The quantitative estimate of drug-likeness (QED) is 0.335. The van der Waals surface area contributed by atoms with Crippen LogP contribution in [-0.4, -0.2) is 59.3 Å². The molecule has 0 atom stereocenters. The van der Waals surface area contributed by atoms with Gasteiger partial charge in [0.1, 0.15) is 17.3 Å². The van der Waals surface area contributed by atoms with E-state index in [9.17, 15) is 14.0 Å². The molecule has 0 unspecified atom stereocenters. The number of benzene rings is 2. The van der Waals surface area contributed by atoms with Gasteiger partial charge in [0.05, 0.1) is 23.6 Å². The molecule has 38 heavy (non-hydrogen) atoms. The smallest absolute Gasteiger partial charge is 0.358 e. The van der Waals surface area contributed by atoms with Crippen LogP contribution in [0.3, 0.4) is 0 Å². The molecule has 0 spiro atoms. The third-order valence-electron chi connectivity index (χ3n) is 6.63. The molecular weight excluding hydrogens is 487 g/mol. The molecule has 4 aromatic rings. The summed E-state index contributed by atoms with van der Waals surface area (Å²) in [6.07, 6.45) is 0. The summed E-state index contributed by atoms with van der Waals surface area (Å²) in [7, 11) is 0. The molecule has 0 bridgehead atoms. The minimum Gasteiger partial charge on any atom is -0.466 e. The molecule has 0 N–H and O–H groups in total. The van der Waals surface area contributed by atoms with E-state index in [0.717, 1.165) is 17.0 Å². The van der Waals surface area contributed by atoms with Crippen LogP contribution in [0.1, 0.15) is 39.3 Å². The summed E-state index contributed by atoms with van der Waals surface area (Å²) < 4.78 is 25.8. The van der Waals surface area contributed by atoms with Crippen molar-refractivity contribution in [2.24, 2.45) is 0 Å². The Labute approximate surface area is 220 Å². The second-order valence-electron chi connectivity index (χ2n) is 9.18. The monoisotopic (exact) mass is 516 g/mol. The van der Waals surface area contributed by atoms with Crippen molar-refractivity contribution in [3.8, 4) is 16.9 Å². The van der Waals surface area contributed by atoms with Crippen molar-refractivity contribution in [2.45, 2.75) is 20.8 Å². The first-order valence-corrected chi connectivity index (χ1v) is 12.6. The van der Waals surface area contributed by atoms with E-state index in [1.165, 1.54) is 12.1 Å². The van der Waals surface area contributed by atoms with Crippen LogP contribution >= 0.6 is 0 Å². The third-order valence-corrected chi connectivity index (χ3v) is 6.63. The lowest BCUT2D eigenvalue weighted by molar-refractivity contribution is 0.0518. The highest BCUT2D eigenvalue weighted by Gasteiger charge is 2.25. The molecular formula is C29H29FN4O4. The number of nitrogens with zero attached hydrogens (tertiary/aromatic N) is 4. The number of piperazine rings is 1. The van der Waals surface area contributed by atoms with Crippen molar-refractivity contribution in [3.05, 3.63) is 89.3 Å². The van der Waals surface area contributed by atoms with Gasteiger partial charge in [0.2, 0.25) is 0 Å². The number of halogens is 1. The number of amides is 1. The fourth-order valence-corrected chi connectivity index (χ4v) is 4.69. The van der Waals surface area contributed by atoms with Gasteiger partial charge in [0.25, 0.3) is 5.91 Å². The topological polar surface area (TPSA) is 80.8 Å². The minimum atomic E-state index is -0.514. The summed E-state index contributed by atoms with van der Waals surface area (Å²) in [5.74, 6) is 0.519. The van der Waals surface area contributed by atoms with Crippen LogP contribution in [0.2, 0.25) is 0 Å². The Morgan fingerprint density at radius 1 is 0.947 bits per heavy atom. The number of carbonyl (C=O) groups excluding carboxylic acids is 2. The Kier molecular flexibility index (Phi) is 7.00. The van der Waals surface area contributed by atoms with Gasteiger partial charge in [-0.3, -0.25) is 4.79 Å². The SMILES string of the molecule is CCOC(=O)c1cc(-c2ccc(N3CCN(C(=O)c4cc(C)oc4C)CC3)cc2)n(-c2ccc(F)cc2)n1. The van der Waals surface area contributed by atoms with Crippen LogP contribution in [-0.2, 0) is 4.74 Å². The number of carbonyl (C=O) groups is 2. The van der Waals surface area contributed by atoms with E-state index in [0.29, 0.717) is 48.9 Å². The zero-order valence-electron chi connectivity index (χ0n) is 21.6. The Morgan fingerprint density at radius 2 is 1.61 bits per heavy atom. The molecule has 0 saturated carbocycles. The first kappa shape index (κ1) is 25.3. The van der Waals surface area contributed by atoms with Crippen LogP contribution in [0.4, 0.5) is 10.1 Å². The highest BCUT2D eigenvalue weighted by molar-refractivity contribution is 5.95. The number of hydrogen-bond acceptors (Lipinski definition) is 6. The van der Waals surface area contributed by atoms with Crippen LogP contribution in [0.25, 0.3) is 16.9 Å². The molecule has 0 radical (unpaired) electrons. The number of furan rings is 1. The molecule has 2 aromatic heterocycles. The van der Waals surface area contributed by atoms with Gasteiger partial charge in [-0.1, -0.05) is 12.1 Å². The maximum absolute atomic E-state index is 13.5. The predicted molar refractivity (Wildman–Crippen MR) is 141 cm³/mol. The van der Waals surface area contributed by atoms with Gasteiger partial charge in [-0.15, -0.1) is 0 Å². The van der Waals surface area contributed by atoms with E-state index >= 15 is 0 Å². The van der Waals surface area contributed by atoms with E-state index in [2.05, 4.69) is 10.00 Å². The Morgan fingerprint density at radius 3 is 2.21 bits per heavy atom. The van der Waals surface area contributed by atoms with Crippen LogP contribution < -0.4 is 4.90 Å². The first-order valence-electron chi connectivity index (χ1n) is 12.6. The molecule has 2 aromatic carbocycles. The van der Waals surface area contributed by atoms with Gasteiger partial charge >= 0.3 is 5.97 Å². The highest BCUT2D eigenvalue weighted by Crippen LogP contribution is 2.28. The average molecular weight is 517 g/mol. The van der Waals surface area contributed by atoms with Crippen molar-refractivity contribution in [2.75, 3.05) is 37.7 Å². The van der Waals surface area contributed by atoms with Gasteiger partial charge in [0.15, 0.2) is 5.69 Å². The second-order valence-corrected chi connectivity index (χ2v) is 9.18. The van der Waals surface area contributed by atoms with Gasteiger partial charge in [-0.2, -0.15) is 5.10 Å². The Bertz CT molecular complexity index is 1450. The number of ether oxygens (including phenoxy) is 1. The summed E-state index contributed by atoms with van der Waals surface area (Å²) in [6, 6.07) is 17.4. The van der Waals surface area contributed by atoms with Gasteiger partial charge in [-0.25, -0.2) is 13.9 Å². The Balaban J connectivity index is 1.34. The number of aryl methyl sites for hydroxylation is 2. The van der Waals surface area contributed by atoms with Crippen molar-refractivity contribution in [3.63, 3.8) is 0 Å².